The number of nitrogens with one attached hydrogen (secondary N) is 2. The molecule has 1 aromatic carbocycles. The summed E-state index contributed by atoms with van der Waals surface area (Å²) in [6, 6.07) is 14.5. The zero-order valence-electron chi connectivity index (χ0n) is 15.6. The Kier molecular flexibility index (Phi) is 6.47. The fraction of sp³-hybridized carbons (Fsp3) is 0.429. The van der Waals surface area contributed by atoms with Crippen LogP contribution in [0.25, 0.3) is 0 Å². The minimum Gasteiger partial charge on any atom is -0.477 e. The Morgan fingerprint density at radius 1 is 1.27 bits per heavy atom. The molecule has 2 aromatic rings. The molecule has 5 heteroatoms. The van der Waals surface area contributed by atoms with Crippen molar-refractivity contribution in [2.45, 2.75) is 39.3 Å². The van der Waals surface area contributed by atoms with Gasteiger partial charge in [-0.3, -0.25) is 0 Å². The molecular formula is C21H28N4O. The van der Waals surface area contributed by atoms with Gasteiger partial charge in [0, 0.05) is 18.8 Å². The van der Waals surface area contributed by atoms with E-state index in [0.717, 1.165) is 30.6 Å². The standard InChI is InChI=1S/C21H28N4O/c1-3-22-21(25-16(2)19-7-5-4-6-8-19)24-14-18-11-12-23-20(13-18)26-15-17-9-10-17/h4-8,11-13,16-17H,3,9-10,14-15H2,1-2H3,(H2,22,24,25). The Morgan fingerprint density at radius 3 is 2.81 bits per heavy atom. The lowest BCUT2D eigenvalue weighted by atomic mass is 10.1. The summed E-state index contributed by atoms with van der Waals surface area (Å²) in [5.41, 5.74) is 2.33. The van der Waals surface area contributed by atoms with Gasteiger partial charge in [-0.05, 0) is 49.8 Å². The summed E-state index contributed by atoms with van der Waals surface area (Å²) >= 11 is 0. The van der Waals surface area contributed by atoms with Gasteiger partial charge in [-0.1, -0.05) is 30.3 Å². The summed E-state index contributed by atoms with van der Waals surface area (Å²) in [5, 5.41) is 6.77. The Morgan fingerprint density at radius 2 is 2.08 bits per heavy atom. The van der Waals surface area contributed by atoms with Crippen LogP contribution in [-0.4, -0.2) is 24.1 Å². The maximum Gasteiger partial charge on any atom is 0.213 e. The van der Waals surface area contributed by atoms with E-state index < -0.39 is 0 Å². The normalized spacial score (nSPS) is 15.4. The van der Waals surface area contributed by atoms with Gasteiger partial charge in [-0.2, -0.15) is 0 Å². The zero-order valence-corrected chi connectivity index (χ0v) is 15.6. The van der Waals surface area contributed by atoms with Gasteiger partial charge < -0.3 is 15.4 Å². The molecule has 0 aliphatic heterocycles. The molecule has 0 radical (unpaired) electrons. The summed E-state index contributed by atoms with van der Waals surface area (Å²) in [6.07, 6.45) is 4.35. The van der Waals surface area contributed by atoms with Crippen LogP contribution < -0.4 is 15.4 Å². The fourth-order valence-electron chi connectivity index (χ4n) is 2.64. The van der Waals surface area contributed by atoms with Crippen LogP contribution in [0.1, 0.15) is 43.9 Å². The van der Waals surface area contributed by atoms with Crippen molar-refractivity contribution < 1.29 is 4.74 Å². The van der Waals surface area contributed by atoms with Crippen LogP contribution in [-0.2, 0) is 6.54 Å². The first-order valence-electron chi connectivity index (χ1n) is 9.42. The molecular weight excluding hydrogens is 324 g/mol. The second-order valence-corrected chi connectivity index (χ2v) is 6.73. The Hall–Kier alpha value is -2.56. The fourth-order valence-corrected chi connectivity index (χ4v) is 2.64. The first-order chi connectivity index (χ1) is 12.7. The third kappa shape index (κ3) is 5.76. The summed E-state index contributed by atoms with van der Waals surface area (Å²) in [4.78, 5) is 9.00. The van der Waals surface area contributed by atoms with Crippen molar-refractivity contribution >= 4 is 5.96 Å². The highest BCUT2D eigenvalue weighted by Gasteiger charge is 2.22. The summed E-state index contributed by atoms with van der Waals surface area (Å²) < 4.78 is 5.76. The average molecular weight is 352 g/mol. The maximum absolute atomic E-state index is 5.76. The molecule has 0 bridgehead atoms. The van der Waals surface area contributed by atoms with Crippen LogP contribution in [0.15, 0.2) is 53.7 Å². The second-order valence-electron chi connectivity index (χ2n) is 6.73. The number of rotatable bonds is 8. The molecule has 138 valence electrons. The number of ether oxygens (including phenoxy) is 1. The molecule has 0 saturated heterocycles. The smallest absolute Gasteiger partial charge is 0.213 e. The molecule has 1 heterocycles. The van der Waals surface area contributed by atoms with E-state index >= 15 is 0 Å². The Labute approximate surface area is 155 Å². The molecule has 26 heavy (non-hydrogen) atoms. The minimum atomic E-state index is 0.184. The van der Waals surface area contributed by atoms with E-state index in [0.29, 0.717) is 12.4 Å². The van der Waals surface area contributed by atoms with Crippen molar-refractivity contribution in [2.75, 3.05) is 13.2 Å². The Bertz CT molecular complexity index is 713. The number of hydrogen-bond donors (Lipinski definition) is 2. The van der Waals surface area contributed by atoms with Crippen molar-refractivity contribution in [2.24, 2.45) is 10.9 Å². The summed E-state index contributed by atoms with van der Waals surface area (Å²) in [6.45, 7) is 6.39. The van der Waals surface area contributed by atoms with Crippen molar-refractivity contribution in [3.63, 3.8) is 0 Å². The van der Waals surface area contributed by atoms with E-state index in [4.69, 9.17) is 9.73 Å². The number of nitrogens with zero attached hydrogens (tertiary/aromatic N) is 2. The monoisotopic (exact) mass is 352 g/mol. The van der Waals surface area contributed by atoms with Gasteiger partial charge in [-0.15, -0.1) is 0 Å². The molecule has 1 aliphatic rings. The van der Waals surface area contributed by atoms with Crippen molar-refractivity contribution in [3.05, 3.63) is 59.8 Å². The van der Waals surface area contributed by atoms with E-state index in [1.165, 1.54) is 18.4 Å². The molecule has 1 saturated carbocycles. The van der Waals surface area contributed by atoms with E-state index in [2.05, 4.69) is 53.7 Å². The molecule has 5 nitrogen and oxygen atoms in total. The highest BCUT2D eigenvalue weighted by atomic mass is 16.5. The van der Waals surface area contributed by atoms with Gasteiger partial charge in [0.2, 0.25) is 5.88 Å². The second kappa shape index (κ2) is 9.22. The van der Waals surface area contributed by atoms with Crippen LogP contribution in [0.3, 0.4) is 0 Å². The number of pyridine rings is 1. The van der Waals surface area contributed by atoms with Gasteiger partial charge >= 0.3 is 0 Å². The van der Waals surface area contributed by atoms with E-state index in [9.17, 15) is 0 Å². The lowest BCUT2D eigenvalue weighted by Gasteiger charge is -2.18. The first kappa shape index (κ1) is 18.2. The largest absolute Gasteiger partial charge is 0.477 e. The van der Waals surface area contributed by atoms with Crippen LogP contribution in [0.5, 0.6) is 5.88 Å². The van der Waals surface area contributed by atoms with Gasteiger partial charge in [0.1, 0.15) is 0 Å². The van der Waals surface area contributed by atoms with Gasteiger partial charge in [-0.25, -0.2) is 9.98 Å². The van der Waals surface area contributed by atoms with Crippen LogP contribution in [0.4, 0.5) is 0 Å². The number of guanidine groups is 1. The molecule has 1 aromatic heterocycles. The van der Waals surface area contributed by atoms with Gasteiger partial charge in [0.25, 0.3) is 0 Å². The lowest BCUT2D eigenvalue weighted by molar-refractivity contribution is 0.288. The molecule has 1 aliphatic carbocycles. The number of aromatic nitrogens is 1. The van der Waals surface area contributed by atoms with E-state index in [1.807, 2.05) is 18.2 Å². The van der Waals surface area contributed by atoms with E-state index in [1.54, 1.807) is 6.20 Å². The minimum absolute atomic E-state index is 0.184. The molecule has 2 N–H and O–H groups in total. The molecule has 1 unspecified atom stereocenters. The predicted octanol–water partition coefficient (Wildman–Crippen LogP) is 3.69. The molecule has 3 rings (SSSR count). The lowest BCUT2D eigenvalue weighted by Crippen LogP contribution is -2.38. The van der Waals surface area contributed by atoms with Crippen LogP contribution in [0.2, 0.25) is 0 Å². The van der Waals surface area contributed by atoms with Crippen LogP contribution >= 0.6 is 0 Å². The van der Waals surface area contributed by atoms with Gasteiger partial charge in [0.15, 0.2) is 5.96 Å². The summed E-state index contributed by atoms with van der Waals surface area (Å²) in [5.74, 6) is 2.23. The first-order valence-corrected chi connectivity index (χ1v) is 9.42. The molecule has 1 fully saturated rings. The van der Waals surface area contributed by atoms with Crippen molar-refractivity contribution in [3.8, 4) is 5.88 Å². The van der Waals surface area contributed by atoms with Crippen molar-refractivity contribution in [1.29, 1.82) is 0 Å². The SMILES string of the molecule is CCNC(=NCc1ccnc(OCC2CC2)c1)NC(C)c1ccccc1. The highest BCUT2D eigenvalue weighted by Crippen LogP contribution is 2.29. The van der Waals surface area contributed by atoms with E-state index in [-0.39, 0.29) is 6.04 Å². The third-order valence-corrected chi connectivity index (χ3v) is 4.38. The predicted molar refractivity (Wildman–Crippen MR) is 105 cm³/mol. The van der Waals surface area contributed by atoms with Crippen LogP contribution in [0, 0.1) is 5.92 Å². The maximum atomic E-state index is 5.76. The third-order valence-electron chi connectivity index (χ3n) is 4.38. The molecule has 0 amide bonds. The summed E-state index contributed by atoms with van der Waals surface area (Å²) in [7, 11) is 0. The highest BCUT2D eigenvalue weighted by molar-refractivity contribution is 5.80. The number of hydrogen-bond acceptors (Lipinski definition) is 3. The van der Waals surface area contributed by atoms with Crippen molar-refractivity contribution in [1.82, 2.24) is 15.6 Å². The molecule has 1 atom stereocenters. The molecule has 0 spiro atoms. The number of benzene rings is 1. The topological polar surface area (TPSA) is 58.5 Å². The number of aliphatic imine (C=N–C) groups is 1. The quantitative estimate of drug-likeness (QED) is 0.562. The van der Waals surface area contributed by atoms with Gasteiger partial charge in [0.05, 0.1) is 19.2 Å². The Balaban J connectivity index is 1.60. The zero-order chi connectivity index (χ0) is 18.2. The average Bonchev–Trinajstić information content (AvgIpc) is 3.50.